The molecule has 2 rings (SSSR count). The average Bonchev–Trinajstić information content (AvgIpc) is 2.19. The number of nitrogens with zero attached hydrogens (tertiary/aromatic N) is 1. The minimum atomic E-state index is -0.940. The average molecular weight is 256 g/mol. The molecule has 0 amide bonds. The molecule has 1 aromatic heterocycles. The standard InChI is InChI=1S/C11H7Cl2NO2/c12-8-1-2-9-6(4-8)3-7(5-10(15)16)11(13)14-9/h1-4H,5H2,(H,15,16). The molecule has 0 fully saturated rings. The Balaban J connectivity index is 2.59. The van der Waals surface area contributed by atoms with E-state index in [0.717, 1.165) is 5.39 Å². The second kappa shape index (κ2) is 4.28. The van der Waals surface area contributed by atoms with Gasteiger partial charge in [-0.15, -0.1) is 0 Å². The van der Waals surface area contributed by atoms with Crippen LogP contribution in [0.25, 0.3) is 10.9 Å². The van der Waals surface area contributed by atoms with Gasteiger partial charge in [0.15, 0.2) is 0 Å². The maximum Gasteiger partial charge on any atom is 0.307 e. The van der Waals surface area contributed by atoms with E-state index in [1.54, 1.807) is 24.3 Å². The van der Waals surface area contributed by atoms with E-state index in [9.17, 15) is 4.79 Å². The third kappa shape index (κ3) is 2.26. The van der Waals surface area contributed by atoms with Gasteiger partial charge in [0.1, 0.15) is 5.15 Å². The van der Waals surface area contributed by atoms with Gasteiger partial charge in [-0.05, 0) is 24.3 Å². The molecule has 0 aliphatic carbocycles. The van der Waals surface area contributed by atoms with Crippen molar-refractivity contribution < 1.29 is 9.90 Å². The zero-order chi connectivity index (χ0) is 11.7. The molecule has 2 aromatic rings. The summed E-state index contributed by atoms with van der Waals surface area (Å²) in [6.07, 6.45) is -0.145. The summed E-state index contributed by atoms with van der Waals surface area (Å²) in [5.41, 5.74) is 1.19. The van der Waals surface area contributed by atoms with Crippen LogP contribution >= 0.6 is 23.2 Å². The first kappa shape index (κ1) is 11.2. The zero-order valence-corrected chi connectivity index (χ0v) is 9.59. The molecule has 0 radical (unpaired) electrons. The molecule has 0 saturated heterocycles. The van der Waals surface area contributed by atoms with E-state index < -0.39 is 5.97 Å². The molecule has 1 N–H and O–H groups in total. The summed E-state index contributed by atoms with van der Waals surface area (Å²) in [7, 11) is 0. The van der Waals surface area contributed by atoms with E-state index in [2.05, 4.69) is 4.98 Å². The Labute approximate surface area is 102 Å². The number of carboxylic acid groups (broad SMARTS) is 1. The number of fused-ring (bicyclic) bond motifs is 1. The summed E-state index contributed by atoms with van der Waals surface area (Å²) < 4.78 is 0. The van der Waals surface area contributed by atoms with Crippen LogP contribution in [0.3, 0.4) is 0 Å². The Morgan fingerprint density at radius 3 is 2.75 bits per heavy atom. The largest absolute Gasteiger partial charge is 0.481 e. The molecule has 1 heterocycles. The van der Waals surface area contributed by atoms with Crippen LogP contribution in [0.1, 0.15) is 5.56 Å². The lowest BCUT2D eigenvalue weighted by molar-refractivity contribution is -0.136. The molecule has 0 saturated carbocycles. The molecule has 0 unspecified atom stereocenters. The highest BCUT2D eigenvalue weighted by Crippen LogP contribution is 2.23. The van der Waals surface area contributed by atoms with E-state index in [4.69, 9.17) is 28.3 Å². The number of aliphatic carboxylic acids is 1. The highest BCUT2D eigenvalue weighted by atomic mass is 35.5. The maximum atomic E-state index is 10.6. The van der Waals surface area contributed by atoms with Gasteiger partial charge in [0, 0.05) is 16.0 Å². The van der Waals surface area contributed by atoms with E-state index in [-0.39, 0.29) is 11.6 Å². The number of carbonyl (C=O) groups is 1. The summed E-state index contributed by atoms with van der Waals surface area (Å²) >= 11 is 11.7. The van der Waals surface area contributed by atoms with Crippen molar-refractivity contribution >= 4 is 40.1 Å². The van der Waals surface area contributed by atoms with Crippen LogP contribution in [0, 0.1) is 0 Å². The predicted octanol–water partition coefficient (Wildman–Crippen LogP) is 3.17. The van der Waals surface area contributed by atoms with Gasteiger partial charge in [0.25, 0.3) is 0 Å². The number of hydrogen-bond donors (Lipinski definition) is 1. The lowest BCUT2D eigenvalue weighted by Crippen LogP contribution is -2.01. The van der Waals surface area contributed by atoms with Crippen molar-refractivity contribution in [3.63, 3.8) is 0 Å². The topological polar surface area (TPSA) is 50.2 Å². The first-order valence-electron chi connectivity index (χ1n) is 4.53. The molecule has 1 aromatic carbocycles. The number of rotatable bonds is 2. The van der Waals surface area contributed by atoms with Crippen molar-refractivity contribution in [2.75, 3.05) is 0 Å². The van der Waals surface area contributed by atoms with Gasteiger partial charge < -0.3 is 5.11 Å². The van der Waals surface area contributed by atoms with Crippen molar-refractivity contribution in [3.05, 3.63) is 40.0 Å². The molecular formula is C11H7Cl2NO2. The monoisotopic (exact) mass is 255 g/mol. The zero-order valence-electron chi connectivity index (χ0n) is 8.08. The Bertz CT molecular complexity index is 569. The van der Waals surface area contributed by atoms with Crippen molar-refractivity contribution in [1.29, 1.82) is 0 Å². The number of pyridine rings is 1. The highest BCUT2D eigenvalue weighted by Gasteiger charge is 2.08. The number of hydrogen-bond acceptors (Lipinski definition) is 2. The van der Waals surface area contributed by atoms with E-state index >= 15 is 0 Å². The molecule has 16 heavy (non-hydrogen) atoms. The first-order valence-corrected chi connectivity index (χ1v) is 5.28. The van der Waals surface area contributed by atoms with Gasteiger partial charge in [0.05, 0.1) is 11.9 Å². The Hall–Kier alpha value is -1.32. The molecule has 0 aliphatic rings. The van der Waals surface area contributed by atoms with Crippen LogP contribution in [0.2, 0.25) is 10.2 Å². The second-order valence-corrected chi connectivity index (χ2v) is 4.14. The molecule has 0 spiro atoms. The van der Waals surface area contributed by atoms with E-state index in [1.807, 2.05) is 0 Å². The van der Waals surface area contributed by atoms with Crippen LogP contribution in [0.15, 0.2) is 24.3 Å². The van der Waals surface area contributed by atoms with Crippen LogP contribution in [0.4, 0.5) is 0 Å². The van der Waals surface area contributed by atoms with Crippen molar-refractivity contribution in [3.8, 4) is 0 Å². The Morgan fingerprint density at radius 2 is 2.06 bits per heavy atom. The molecule has 5 heteroatoms. The minimum Gasteiger partial charge on any atom is -0.481 e. The van der Waals surface area contributed by atoms with Crippen LogP contribution in [-0.2, 0) is 11.2 Å². The van der Waals surface area contributed by atoms with Gasteiger partial charge in [-0.25, -0.2) is 4.98 Å². The quantitative estimate of drug-likeness (QED) is 0.839. The van der Waals surface area contributed by atoms with E-state index in [1.165, 1.54) is 0 Å². The summed E-state index contributed by atoms with van der Waals surface area (Å²) in [6.45, 7) is 0. The van der Waals surface area contributed by atoms with Crippen LogP contribution in [-0.4, -0.2) is 16.1 Å². The molecule has 0 bridgehead atoms. The van der Waals surface area contributed by atoms with Crippen molar-refractivity contribution in [2.24, 2.45) is 0 Å². The highest BCUT2D eigenvalue weighted by molar-refractivity contribution is 6.32. The third-order valence-electron chi connectivity index (χ3n) is 2.14. The summed E-state index contributed by atoms with van der Waals surface area (Å²) in [5.74, 6) is -0.940. The van der Waals surface area contributed by atoms with Crippen molar-refractivity contribution in [1.82, 2.24) is 4.98 Å². The lowest BCUT2D eigenvalue weighted by atomic mass is 10.1. The second-order valence-electron chi connectivity index (χ2n) is 3.35. The molecule has 0 aliphatic heterocycles. The normalized spacial score (nSPS) is 10.6. The third-order valence-corrected chi connectivity index (χ3v) is 2.71. The summed E-state index contributed by atoms with van der Waals surface area (Å²) in [6, 6.07) is 6.88. The minimum absolute atomic E-state index is 0.145. The molecular weight excluding hydrogens is 249 g/mol. The molecule has 0 atom stereocenters. The smallest absolute Gasteiger partial charge is 0.307 e. The van der Waals surface area contributed by atoms with E-state index in [0.29, 0.717) is 16.1 Å². The van der Waals surface area contributed by atoms with Gasteiger partial charge >= 0.3 is 5.97 Å². The molecule has 3 nitrogen and oxygen atoms in total. The number of halogens is 2. The number of aromatic nitrogens is 1. The fourth-order valence-corrected chi connectivity index (χ4v) is 1.85. The maximum absolute atomic E-state index is 10.6. The van der Waals surface area contributed by atoms with Crippen LogP contribution in [0.5, 0.6) is 0 Å². The summed E-state index contributed by atoms with van der Waals surface area (Å²) in [4.78, 5) is 14.7. The fraction of sp³-hybridized carbons (Fsp3) is 0.0909. The first-order chi connectivity index (χ1) is 7.56. The van der Waals surface area contributed by atoms with Gasteiger partial charge in [0.2, 0.25) is 0 Å². The lowest BCUT2D eigenvalue weighted by Gasteiger charge is -2.04. The number of carboxylic acids is 1. The van der Waals surface area contributed by atoms with Gasteiger partial charge in [-0.3, -0.25) is 4.79 Å². The van der Waals surface area contributed by atoms with Crippen molar-refractivity contribution in [2.45, 2.75) is 6.42 Å². The SMILES string of the molecule is O=C(O)Cc1cc2cc(Cl)ccc2nc1Cl. The summed E-state index contributed by atoms with van der Waals surface area (Å²) in [5, 5.41) is 10.3. The van der Waals surface area contributed by atoms with Gasteiger partial charge in [-0.2, -0.15) is 0 Å². The number of benzene rings is 1. The molecule has 82 valence electrons. The van der Waals surface area contributed by atoms with Gasteiger partial charge in [-0.1, -0.05) is 23.2 Å². The Kier molecular flexibility index (Phi) is 2.99. The fourth-order valence-electron chi connectivity index (χ4n) is 1.45. The Morgan fingerprint density at radius 1 is 1.31 bits per heavy atom. The van der Waals surface area contributed by atoms with Crippen LogP contribution < -0.4 is 0 Å². The predicted molar refractivity (Wildman–Crippen MR) is 63.1 cm³/mol.